The van der Waals surface area contributed by atoms with E-state index in [-0.39, 0.29) is 10.6 Å². The largest absolute Gasteiger partial charge is 0.321 e. The van der Waals surface area contributed by atoms with Gasteiger partial charge in [0.1, 0.15) is 10.7 Å². The van der Waals surface area contributed by atoms with E-state index in [0.29, 0.717) is 16.3 Å². The molecule has 0 radical (unpaired) electrons. The van der Waals surface area contributed by atoms with Crippen LogP contribution in [0.25, 0.3) is 16.3 Å². The first-order valence-electron chi connectivity index (χ1n) is 8.82. The maximum absolute atomic E-state index is 12.6. The molecule has 0 aliphatic heterocycles. The fraction of sp³-hybridized carbons (Fsp3) is 0.0500. The van der Waals surface area contributed by atoms with E-state index >= 15 is 0 Å². The van der Waals surface area contributed by atoms with Crippen LogP contribution in [0.5, 0.6) is 0 Å². The van der Waals surface area contributed by atoms with Crippen LogP contribution in [-0.4, -0.2) is 29.1 Å². The summed E-state index contributed by atoms with van der Waals surface area (Å²) in [5, 5.41) is 14.5. The van der Waals surface area contributed by atoms with Crippen molar-refractivity contribution in [2.24, 2.45) is 5.14 Å². The Balaban J connectivity index is 1.54. The first-order chi connectivity index (χ1) is 14.3. The molecule has 0 saturated carbocycles. The van der Waals surface area contributed by atoms with Gasteiger partial charge in [0.05, 0.1) is 16.8 Å². The summed E-state index contributed by atoms with van der Waals surface area (Å²) in [6.45, 7) is 1.63. The van der Waals surface area contributed by atoms with Gasteiger partial charge >= 0.3 is 0 Å². The SMILES string of the molecule is Cc1ccc(NC(=O)c2csc(-c3cnn(-c4ccccc4)c3)n2)cc1S(N)(=O)=O. The zero-order chi connectivity index (χ0) is 21.3. The van der Waals surface area contributed by atoms with Gasteiger partial charge in [0.2, 0.25) is 10.0 Å². The summed E-state index contributed by atoms with van der Waals surface area (Å²) in [6, 6.07) is 14.2. The number of para-hydroxylation sites is 1. The Morgan fingerprint density at radius 1 is 1.17 bits per heavy atom. The standard InChI is InChI=1S/C20H17N5O3S2/c1-13-7-8-15(9-18(13)30(21,27)28)23-19(26)17-12-29-20(24-17)14-10-22-25(11-14)16-5-3-2-4-6-16/h2-12H,1H3,(H,23,26)(H2,21,27,28). The van der Waals surface area contributed by atoms with E-state index in [2.05, 4.69) is 15.4 Å². The molecule has 0 fully saturated rings. The lowest BCUT2D eigenvalue weighted by Gasteiger charge is -2.08. The van der Waals surface area contributed by atoms with Gasteiger partial charge in [0, 0.05) is 22.8 Å². The lowest BCUT2D eigenvalue weighted by Crippen LogP contribution is -2.16. The van der Waals surface area contributed by atoms with Crippen molar-refractivity contribution < 1.29 is 13.2 Å². The molecule has 3 N–H and O–H groups in total. The molecule has 0 spiro atoms. The summed E-state index contributed by atoms with van der Waals surface area (Å²) in [5.74, 6) is -0.447. The van der Waals surface area contributed by atoms with Crippen molar-refractivity contribution in [2.45, 2.75) is 11.8 Å². The summed E-state index contributed by atoms with van der Waals surface area (Å²) in [4.78, 5) is 16.9. The maximum Gasteiger partial charge on any atom is 0.275 e. The highest BCUT2D eigenvalue weighted by Crippen LogP contribution is 2.25. The molecule has 152 valence electrons. The van der Waals surface area contributed by atoms with Crippen molar-refractivity contribution in [2.75, 3.05) is 5.32 Å². The van der Waals surface area contributed by atoms with Crippen molar-refractivity contribution in [3.8, 4) is 16.3 Å². The number of nitrogens with zero attached hydrogens (tertiary/aromatic N) is 3. The predicted octanol–water partition coefficient (Wildman–Crippen LogP) is 3.20. The number of aryl methyl sites for hydroxylation is 1. The number of nitrogens with two attached hydrogens (primary N) is 1. The Morgan fingerprint density at radius 3 is 2.67 bits per heavy atom. The normalized spacial score (nSPS) is 11.4. The van der Waals surface area contributed by atoms with E-state index < -0.39 is 15.9 Å². The Labute approximate surface area is 177 Å². The Hall–Kier alpha value is -3.34. The summed E-state index contributed by atoms with van der Waals surface area (Å²) in [6.07, 6.45) is 3.53. The number of anilines is 1. The van der Waals surface area contributed by atoms with Crippen molar-refractivity contribution >= 4 is 33.0 Å². The summed E-state index contributed by atoms with van der Waals surface area (Å²) in [5.41, 5.74) is 2.75. The topological polar surface area (TPSA) is 120 Å². The second-order valence-corrected chi connectivity index (χ2v) is 8.91. The molecule has 4 rings (SSSR count). The van der Waals surface area contributed by atoms with Gasteiger partial charge in [-0.3, -0.25) is 4.79 Å². The van der Waals surface area contributed by atoms with Gasteiger partial charge < -0.3 is 5.32 Å². The van der Waals surface area contributed by atoms with Crippen LogP contribution in [0.4, 0.5) is 5.69 Å². The third kappa shape index (κ3) is 4.15. The molecule has 2 heterocycles. The van der Waals surface area contributed by atoms with Crippen molar-refractivity contribution in [3.63, 3.8) is 0 Å². The average Bonchev–Trinajstić information content (AvgIpc) is 3.39. The molecule has 2 aromatic heterocycles. The summed E-state index contributed by atoms with van der Waals surface area (Å²) < 4.78 is 25.1. The second kappa shape index (κ2) is 7.82. The minimum atomic E-state index is -3.88. The van der Waals surface area contributed by atoms with Gasteiger partial charge in [-0.15, -0.1) is 11.3 Å². The number of primary sulfonamides is 1. The molecule has 10 heteroatoms. The van der Waals surface area contributed by atoms with Gasteiger partial charge in [0.15, 0.2) is 0 Å². The number of aromatic nitrogens is 3. The lowest BCUT2D eigenvalue weighted by molar-refractivity contribution is 0.102. The van der Waals surface area contributed by atoms with Gasteiger partial charge in [-0.25, -0.2) is 23.2 Å². The monoisotopic (exact) mass is 439 g/mol. The predicted molar refractivity (Wildman–Crippen MR) is 115 cm³/mol. The molecule has 0 atom stereocenters. The number of thiazole rings is 1. The molecule has 0 unspecified atom stereocenters. The molecule has 1 amide bonds. The highest BCUT2D eigenvalue weighted by atomic mass is 32.2. The fourth-order valence-corrected chi connectivity index (χ4v) is 4.43. The number of hydrogen-bond donors (Lipinski definition) is 2. The minimum absolute atomic E-state index is 0.0346. The number of nitrogens with one attached hydrogen (secondary N) is 1. The molecular weight excluding hydrogens is 422 g/mol. The molecule has 8 nitrogen and oxygen atoms in total. The van der Waals surface area contributed by atoms with Crippen molar-refractivity contribution in [1.82, 2.24) is 14.8 Å². The molecule has 0 aliphatic rings. The molecule has 0 bridgehead atoms. The van der Waals surface area contributed by atoms with Gasteiger partial charge in [-0.05, 0) is 36.8 Å². The third-order valence-corrected chi connectivity index (χ3v) is 6.28. The summed E-state index contributed by atoms with van der Waals surface area (Å²) in [7, 11) is -3.88. The number of hydrogen-bond acceptors (Lipinski definition) is 6. The van der Waals surface area contributed by atoms with E-state index in [1.54, 1.807) is 35.3 Å². The van der Waals surface area contributed by atoms with Crippen LogP contribution in [0.2, 0.25) is 0 Å². The van der Waals surface area contributed by atoms with E-state index in [9.17, 15) is 13.2 Å². The molecule has 0 saturated heterocycles. The summed E-state index contributed by atoms with van der Waals surface area (Å²) >= 11 is 1.32. The molecule has 4 aromatic rings. The highest BCUT2D eigenvalue weighted by Gasteiger charge is 2.16. The number of amides is 1. The highest BCUT2D eigenvalue weighted by molar-refractivity contribution is 7.89. The fourth-order valence-electron chi connectivity index (χ4n) is 2.85. The number of carbonyl (C=O) groups excluding carboxylic acids is 1. The smallest absolute Gasteiger partial charge is 0.275 e. The molecular formula is C20H17N5O3S2. The second-order valence-electron chi connectivity index (χ2n) is 6.53. The Kier molecular flexibility index (Phi) is 5.20. The first kappa shape index (κ1) is 20.0. The number of rotatable bonds is 5. The van der Waals surface area contributed by atoms with Gasteiger partial charge in [-0.1, -0.05) is 24.3 Å². The third-order valence-electron chi connectivity index (χ3n) is 4.34. The molecule has 2 aromatic carbocycles. The van der Waals surface area contributed by atoms with Crippen LogP contribution in [0.1, 0.15) is 16.1 Å². The number of sulfonamides is 1. The van der Waals surface area contributed by atoms with Gasteiger partial charge in [0.25, 0.3) is 5.91 Å². The maximum atomic E-state index is 12.6. The Bertz CT molecular complexity index is 1330. The van der Waals surface area contributed by atoms with Crippen molar-refractivity contribution in [1.29, 1.82) is 0 Å². The van der Waals surface area contributed by atoms with Crippen LogP contribution >= 0.6 is 11.3 Å². The minimum Gasteiger partial charge on any atom is -0.321 e. The van der Waals surface area contributed by atoms with E-state index in [1.807, 2.05) is 36.5 Å². The van der Waals surface area contributed by atoms with E-state index in [1.165, 1.54) is 17.4 Å². The molecule has 30 heavy (non-hydrogen) atoms. The van der Waals surface area contributed by atoms with Crippen molar-refractivity contribution in [3.05, 3.63) is 77.6 Å². The quantitative estimate of drug-likeness (QED) is 0.495. The van der Waals surface area contributed by atoms with Gasteiger partial charge in [-0.2, -0.15) is 5.10 Å². The van der Waals surface area contributed by atoms with Crippen LogP contribution in [0.3, 0.4) is 0 Å². The average molecular weight is 440 g/mol. The first-order valence-corrected chi connectivity index (χ1v) is 11.2. The lowest BCUT2D eigenvalue weighted by atomic mass is 10.2. The zero-order valence-electron chi connectivity index (χ0n) is 15.8. The van der Waals surface area contributed by atoms with Crippen LogP contribution in [0, 0.1) is 6.92 Å². The number of benzene rings is 2. The van der Waals surface area contributed by atoms with Crippen LogP contribution in [0.15, 0.2) is 71.2 Å². The molecule has 0 aliphatic carbocycles. The zero-order valence-corrected chi connectivity index (χ0v) is 17.4. The van der Waals surface area contributed by atoms with E-state index in [4.69, 9.17) is 5.14 Å². The van der Waals surface area contributed by atoms with Crippen LogP contribution in [-0.2, 0) is 10.0 Å². The number of carbonyl (C=O) groups is 1. The van der Waals surface area contributed by atoms with E-state index in [0.717, 1.165) is 11.3 Å². The van der Waals surface area contributed by atoms with Crippen LogP contribution < -0.4 is 10.5 Å². The Morgan fingerprint density at radius 2 is 1.93 bits per heavy atom.